The van der Waals surface area contributed by atoms with Crippen LogP contribution < -0.4 is 0 Å². The number of aliphatic hydroxyl groups is 3. The average Bonchev–Trinajstić information content (AvgIpc) is 2.82. The Kier molecular flexibility index (Phi) is 9.87. The number of rotatable bonds is 11. The third kappa shape index (κ3) is 6.89. The topological polar surface area (TPSA) is 79.2 Å². The standard InChI is InChI=1S/C16H30O5/c1-2-3-4-5-6-7-8-9-10-20-14(11-17)16-15(19)13(18)12-21-16/h7-8,13-19H,2-6,9-12H2,1H3/b8-7+/t13-,14+,15+,16+/m1/s1. The number of allylic oxidation sites excluding steroid dienone is 1. The number of unbranched alkanes of at least 4 members (excludes halogenated alkanes) is 4. The molecule has 4 atom stereocenters. The molecule has 3 N–H and O–H groups in total. The first-order valence-corrected chi connectivity index (χ1v) is 8.05. The summed E-state index contributed by atoms with van der Waals surface area (Å²) in [7, 11) is 0. The van der Waals surface area contributed by atoms with Gasteiger partial charge in [0.15, 0.2) is 0 Å². The van der Waals surface area contributed by atoms with Crippen molar-refractivity contribution in [3.8, 4) is 0 Å². The van der Waals surface area contributed by atoms with Gasteiger partial charge in [-0.1, -0.05) is 38.3 Å². The Balaban J connectivity index is 2.11. The van der Waals surface area contributed by atoms with E-state index in [9.17, 15) is 15.3 Å². The Bertz CT molecular complexity index is 282. The van der Waals surface area contributed by atoms with Gasteiger partial charge in [-0.15, -0.1) is 0 Å². The highest BCUT2D eigenvalue weighted by Gasteiger charge is 2.40. The zero-order valence-electron chi connectivity index (χ0n) is 13.0. The molecule has 0 saturated carbocycles. The molecule has 0 aromatic rings. The molecule has 5 heteroatoms. The molecule has 1 fully saturated rings. The van der Waals surface area contributed by atoms with Crippen LogP contribution in [0.15, 0.2) is 12.2 Å². The van der Waals surface area contributed by atoms with Crippen molar-refractivity contribution in [3.05, 3.63) is 12.2 Å². The Labute approximate surface area is 127 Å². The molecule has 0 unspecified atom stereocenters. The summed E-state index contributed by atoms with van der Waals surface area (Å²) < 4.78 is 10.8. The minimum atomic E-state index is -0.990. The van der Waals surface area contributed by atoms with Crippen LogP contribution in [0.5, 0.6) is 0 Å². The van der Waals surface area contributed by atoms with Gasteiger partial charge in [-0.2, -0.15) is 0 Å². The van der Waals surface area contributed by atoms with Crippen molar-refractivity contribution in [2.24, 2.45) is 0 Å². The molecule has 5 nitrogen and oxygen atoms in total. The van der Waals surface area contributed by atoms with Gasteiger partial charge in [0.05, 0.1) is 19.8 Å². The molecule has 0 amide bonds. The molecule has 1 rings (SSSR count). The van der Waals surface area contributed by atoms with Crippen molar-refractivity contribution in [2.75, 3.05) is 19.8 Å². The smallest absolute Gasteiger partial charge is 0.114 e. The van der Waals surface area contributed by atoms with Crippen LogP contribution in [-0.4, -0.2) is 59.6 Å². The summed E-state index contributed by atoms with van der Waals surface area (Å²) in [6.45, 7) is 2.53. The largest absolute Gasteiger partial charge is 0.394 e. The Morgan fingerprint density at radius 1 is 1.19 bits per heavy atom. The van der Waals surface area contributed by atoms with Crippen LogP contribution in [0.1, 0.15) is 45.4 Å². The summed E-state index contributed by atoms with van der Waals surface area (Å²) >= 11 is 0. The zero-order chi connectivity index (χ0) is 15.5. The van der Waals surface area contributed by atoms with E-state index in [1.807, 2.05) is 0 Å². The van der Waals surface area contributed by atoms with Crippen LogP contribution in [0.2, 0.25) is 0 Å². The van der Waals surface area contributed by atoms with Gasteiger partial charge in [-0.25, -0.2) is 0 Å². The molecule has 1 heterocycles. The lowest BCUT2D eigenvalue weighted by Crippen LogP contribution is -2.42. The molecule has 124 valence electrons. The van der Waals surface area contributed by atoms with Gasteiger partial charge in [0.1, 0.15) is 24.4 Å². The van der Waals surface area contributed by atoms with Crippen molar-refractivity contribution < 1.29 is 24.8 Å². The summed E-state index contributed by atoms with van der Waals surface area (Å²) in [6.07, 6.45) is 8.06. The lowest BCUT2D eigenvalue weighted by molar-refractivity contribution is -0.0996. The molecule has 21 heavy (non-hydrogen) atoms. The first-order chi connectivity index (χ1) is 10.2. The van der Waals surface area contributed by atoms with E-state index in [0.29, 0.717) is 6.61 Å². The lowest BCUT2D eigenvalue weighted by atomic mass is 10.1. The molecule has 0 radical (unpaired) electrons. The van der Waals surface area contributed by atoms with Crippen LogP contribution in [-0.2, 0) is 9.47 Å². The van der Waals surface area contributed by atoms with Crippen LogP contribution in [0, 0.1) is 0 Å². The van der Waals surface area contributed by atoms with Gasteiger partial charge in [0, 0.05) is 0 Å². The zero-order valence-corrected chi connectivity index (χ0v) is 13.0. The van der Waals surface area contributed by atoms with E-state index in [2.05, 4.69) is 19.1 Å². The molecule has 0 aliphatic carbocycles. The van der Waals surface area contributed by atoms with E-state index in [1.165, 1.54) is 25.7 Å². The third-order valence-corrected chi connectivity index (χ3v) is 3.74. The van der Waals surface area contributed by atoms with Gasteiger partial charge in [0.25, 0.3) is 0 Å². The maximum atomic E-state index is 9.72. The minimum absolute atomic E-state index is 0.0867. The Morgan fingerprint density at radius 2 is 1.95 bits per heavy atom. The average molecular weight is 302 g/mol. The predicted octanol–water partition coefficient (Wildman–Crippen LogP) is 1.40. The van der Waals surface area contributed by atoms with Gasteiger partial charge in [-0.3, -0.25) is 0 Å². The normalized spacial score (nSPS) is 27.5. The summed E-state index contributed by atoms with van der Waals surface area (Å²) in [6, 6.07) is 0. The van der Waals surface area contributed by atoms with Crippen LogP contribution in [0.4, 0.5) is 0 Å². The predicted molar refractivity (Wildman–Crippen MR) is 81.1 cm³/mol. The van der Waals surface area contributed by atoms with Crippen molar-refractivity contribution in [2.45, 2.75) is 69.9 Å². The number of ether oxygens (including phenoxy) is 2. The Hall–Kier alpha value is -0.460. The number of hydrogen-bond donors (Lipinski definition) is 3. The number of hydrogen-bond acceptors (Lipinski definition) is 5. The molecule has 0 aromatic heterocycles. The van der Waals surface area contributed by atoms with Crippen molar-refractivity contribution in [3.63, 3.8) is 0 Å². The first kappa shape index (κ1) is 18.6. The second-order valence-electron chi connectivity index (χ2n) is 5.56. The second kappa shape index (κ2) is 11.2. The second-order valence-corrected chi connectivity index (χ2v) is 5.56. The van der Waals surface area contributed by atoms with E-state index in [-0.39, 0.29) is 13.2 Å². The van der Waals surface area contributed by atoms with E-state index >= 15 is 0 Å². The maximum Gasteiger partial charge on any atom is 0.114 e. The van der Waals surface area contributed by atoms with Crippen molar-refractivity contribution >= 4 is 0 Å². The van der Waals surface area contributed by atoms with Gasteiger partial charge >= 0.3 is 0 Å². The fourth-order valence-corrected chi connectivity index (χ4v) is 2.42. The summed E-state index contributed by atoms with van der Waals surface area (Å²) in [5, 5.41) is 28.4. The van der Waals surface area contributed by atoms with Gasteiger partial charge in [-0.05, 0) is 19.3 Å². The van der Waals surface area contributed by atoms with E-state index in [1.54, 1.807) is 0 Å². The summed E-state index contributed by atoms with van der Waals surface area (Å²) in [4.78, 5) is 0. The van der Waals surface area contributed by atoms with Gasteiger partial charge < -0.3 is 24.8 Å². The van der Waals surface area contributed by atoms with E-state index in [4.69, 9.17) is 9.47 Å². The highest BCUT2D eigenvalue weighted by Crippen LogP contribution is 2.19. The summed E-state index contributed by atoms with van der Waals surface area (Å²) in [5.74, 6) is 0. The Morgan fingerprint density at radius 3 is 2.57 bits per heavy atom. The maximum absolute atomic E-state index is 9.72. The minimum Gasteiger partial charge on any atom is -0.394 e. The fourth-order valence-electron chi connectivity index (χ4n) is 2.42. The molecular formula is C16H30O5. The molecular weight excluding hydrogens is 272 g/mol. The highest BCUT2D eigenvalue weighted by atomic mass is 16.6. The molecule has 1 aliphatic heterocycles. The van der Waals surface area contributed by atoms with Gasteiger partial charge in [0.2, 0.25) is 0 Å². The number of aliphatic hydroxyl groups excluding tert-OH is 3. The van der Waals surface area contributed by atoms with Crippen molar-refractivity contribution in [1.82, 2.24) is 0 Å². The molecule has 0 spiro atoms. The fraction of sp³-hybridized carbons (Fsp3) is 0.875. The molecule has 1 saturated heterocycles. The SMILES string of the molecule is CCCCCC/C=C/CCO[C@@H](CO)[C@@H]1OC[C@@H](O)[C@@H]1O. The third-order valence-electron chi connectivity index (χ3n) is 3.74. The quantitative estimate of drug-likeness (QED) is 0.397. The lowest BCUT2D eigenvalue weighted by Gasteiger charge is -2.24. The molecule has 1 aliphatic rings. The van der Waals surface area contributed by atoms with E-state index < -0.39 is 24.4 Å². The first-order valence-electron chi connectivity index (χ1n) is 8.05. The van der Waals surface area contributed by atoms with Crippen molar-refractivity contribution in [1.29, 1.82) is 0 Å². The van der Waals surface area contributed by atoms with Crippen LogP contribution >= 0.6 is 0 Å². The summed E-state index contributed by atoms with van der Waals surface area (Å²) in [5.41, 5.74) is 0. The molecule has 0 bridgehead atoms. The molecule has 0 aromatic carbocycles. The monoisotopic (exact) mass is 302 g/mol. The van der Waals surface area contributed by atoms with Crippen LogP contribution in [0.3, 0.4) is 0 Å². The van der Waals surface area contributed by atoms with E-state index in [0.717, 1.165) is 12.8 Å². The van der Waals surface area contributed by atoms with Crippen LogP contribution in [0.25, 0.3) is 0 Å². The highest BCUT2D eigenvalue weighted by molar-refractivity contribution is 4.89.